The number of nitrogens with zero attached hydrogens (tertiary/aromatic N) is 3. The van der Waals surface area contributed by atoms with Gasteiger partial charge in [-0.25, -0.2) is 9.97 Å². The first-order valence-corrected chi connectivity index (χ1v) is 16.2. The van der Waals surface area contributed by atoms with Gasteiger partial charge < -0.3 is 5.32 Å². The molecule has 5 heteroatoms. The number of rotatable bonds is 8. The monoisotopic (exact) mass is 629 g/mol. The third-order valence-electron chi connectivity index (χ3n) is 8.63. The van der Waals surface area contributed by atoms with E-state index in [9.17, 15) is 5.41 Å². The fourth-order valence-corrected chi connectivity index (χ4v) is 6.14. The number of nitrogens with one attached hydrogen (secondary N) is 2. The van der Waals surface area contributed by atoms with Crippen LogP contribution in [-0.4, -0.2) is 20.7 Å². The smallest absolute Gasteiger partial charge is 0.160 e. The average Bonchev–Trinajstić information content (AvgIpc) is 3.18. The van der Waals surface area contributed by atoms with Crippen LogP contribution in [0, 0.1) is 5.41 Å². The van der Waals surface area contributed by atoms with E-state index in [1.54, 1.807) is 12.4 Å². The lowest BCUT2D eigenvalue weighted by molar-refractivity contribution is 1.18. The SMILES string of the molecule is N=C(c1cccc(-c2cc(-c3ccc(-c4ccccc4)cc3)nc(-c3ccccc3)n2)c1)c1c(Nc2ccncc2)ccc2ccccc12. The molecule has 0 aliphatic carbocycles. The highest BCUT2D eigenvalue weighted by Crippen LogP contribution is 2.33. The highest BCUT2D eigenvalue weighted by molar-refractivity contribution is 6.21. The fourth-order valence-electron chi connectivity index (χ4n) is 6.14. The van der Waals surface area contributed by atoms with Crippen LogP contribution in [0.25, 0.3) is 55.8 Å². The van der Waals surface area contributed by atoms with Crippen molar-refractivity contribution in [1.82, 2.24) is 15.0 Å². The predicted molar refractivity (Wildman–Crippen MR) is 201 cm³/mol. The van der Waals surface area contributed by atoms with Crippen LogP contribution in [0.2, 0.25) is 0 Å². The van der Waals surface area contributed by atoms with E-state index in [4.69, 9.17) is 9.97 Å². The largest absolute Gasteiger partial charge is 0.355 e. The minimum Gasteiger partial charge on any atom is -0.355 e. The van der Waals surface area contributed by atoms with Crippen LogP contribution < -0.4 is 5.32 Å². The van der Waals surface area contributed by atoms with Gasteiger partial charge in [-0.2, -0.15) is 0 Å². The molecule has 6 aromatic carbocycles. The molecule has 0 bridgehead atoms. The Hall–Kier alpha value is -6.72. The van der Waals surface area contributed by atoms with E-state index < -0.39 is 0 Å². The minimum absolute atomic E-state index is 0.421. The van der Waals surface area contributed by atoms with Crippen molar-refractivity contribution in [3.05, 3.63) is 187 Å². The van der Waals surface area contributed by atoms with Crippen LogP contribution in [0.1, 0.15) is 11.1 Å². The zero-order valence-corrected chi connectivity index (χ0v) is 26.6. The molecule has 8 rings (SSSR count). The van der Waals surface area contributed by atoms with Crippen LogP contribution in [0.15, 0.2) is 176 Å². The summed E-state index contributed by atoms with van der Waals surface area (Å²) in [6.45, 7) is 0. The summed E-state index contributed by atoms with van der Waals surface area (Å²) in [5.41, 5.74) is 10.6. The highest BCUT2D eigenvalue weighted by Gasteiger charge is 2.17. The van der Waals surface area contributed by atoms with Gasteiger partial charge >= 0.3 is 0 Å². The number of hydrogen-bond acceptors (Lipinski definition) is 5. The molecule has 0 fully saturated rings. The number of aromatic nitrogens is 3. The number of anilines is 2. The molecule has 0 aliphatic heterocycles. The maximum absolute atomic E-state index is 9.58. The molecule has 0 saturated heterocycles. The van der Waals surface area contributed by atoms with Gasteiger partial charge in [0.15, 0.2) is 5.82 Å². The Morgan fingerprint density at radius 2 is 1.10 bits per heavy atom. The molecular formula is C44H31N5. The first-order valence-electron chi connectivity index (χ1n) is 16.2. The van der Waals surface area contributed by atoms with E-state index >= 15 is 0 Å². The molecule has 232 valence electrons. The normalized spacial score (nSPS) is 10.9. The van der Waals surface area contributed by atoms with E-state index in [0.717, 1.165) is 66.9 Å². The molecule has 0 spiro atoms. The molecule has 8 aromatic rings. The molecule has 2 heterocycles. The van der Waals surface area contributed by atoms with Gasteiger partial charge in [0.2, 0.25) is 0 Å². The molecule has 0 radical (unpaired) electrons. The van der Waals surface area contributed by atoms with Gasteiger partial charge in [-0.15, -0.1) is 0 Å². The van der Waals surface area contributed by atoms with E-state index in [0.29, 0.717) is 11.5 Å². The first kappa shape index (κ1) is 29.7. The van der Waals surface area contributed by atoms with Crippen molar-refractivity contribution in [1.29, 1.82) is 5.41 Å². The van der Waals surface area contributed by atoms with Gasteiger partial charge in [0.1, 0.15) is 0 Å². The average molecular weight is 630 g/mol. The third kappa shape index (κ3) is 6.21. The van der Waals surface area contributed by atoms with Crippen LogP contribution in [0.4, 0.5) is 11.4 Å². The Morgan fingerprint density at radius 1 is 0.490 bits per heavy atom. The zero-order valence-electron chi connectivity index (χ0n) is 26.6. The molecule has 2 N–H and O–H groups in total. The highest BCUT2D eigenvalue weighted by atomic mass is 14.9. The van der Waals surface area contributed by atoms with E-state index in [2.05, 4.69) is 89.2 Å². The summed E-state index contributed by atoms with van der Waals surface area (Å²) in [5.74, 6) is 0.651. The number of fused-ring (bicyclic) bond motifs is 1. The number of hydrogen-bond donors (Lipinski definition) is 2. The first-order chi connectivity index (χ1) is 24.2. The van der Waals surface area contributed by atoms with Crippen molar-refractivity contribution in [2.75, 3.05) is 5.32 Å². The maximum atomic E-state index is 9.58. The second-order valence-corrected chi connectivity index (χ2v) is 11.8. The molecule has 0 atom stereocenters. The fraction of sp³-hybridized carbons (Fsp3) is 0. The summed E-state index contributed by atoms with van der Waals surface area (Å²) >= 11 is 0. The lowest BCUT2D eigenvalue weighted by Crippen LogP contribution is -2.07. The number of benzene rings is 6. The quantitative estimate of drug-likeness (QED) is 0.164. The van der Waals surface area contributed by atoms with Crippen molar-refractivity contribution < 1.29 is 0 Å². The van der Waals surface area contributed by atoms with Crippen LogP contribution in [0.3, 0.4) is 0 Å². The molecule has 5 nitrogen and oxygen atoms in total. The van der Waals surface area contributed by atoms with Crippen molar-refractivity contribution in [2.45, 2.75) is 0 Å². The van der Waals surface area contributed by atoms with Crippen molar-refractivity contribution in [3.8, 4) is 45.0 Å². The van der Waals surface area contributed by atoms with Gasteiger partial charge in [0.05, 0.1) is 17.1 Å². The van der Waals surface area contributed by atoms with Gasteiger partial charge in [0, 0.05) is 51.6 Å². The van der Waals surface area contributed by atoms with Gasteiger partial charge in [-0.05, 0) is 52.2 Å². The topological polar surface area (TPSA) is 74.6 Å². The maximum Gasteiger partial charge on any atom is 0.160 e. The van der Waals surface area contributed by atoms with Gasteiger partial charge in [-0.1, -0.05) is 133 Å². The van der Waals surface area contributed by atoms with Crippen LogP contribution in [0.5, 0.6) is 0 Å². The Labute approximate surface area is 285 Å². The molecule has 0 aliphatic rings. The van der Waals surface area contributed by atoms with Gasteiger partial charge in [-0.3, -0.25) is 10.4 Å². The summed E-state index contributed by atoms with van der Waals surface area (Å²) in [6.07, 6.45) is 3.52. The van der Waals surface area contributed by atoms with Crippen molar-refractivity contribution >= 4 is 27.9 Å². The standard InChI is InChI=1S/C44H31N5/c45-43(42-38-17-8-7-12-32(38)22-23-39(42)47-37-24-26-46-27-25-37)36-16-9-15-35(28-36)41-29-40(48-44(49-41)34-13-5-2-6-14-34)33-20-18-31(19-21-33)30-10-3-1-4-11-30/h1-29,45H,(H,46,47). The second kappa shape index (κ2) is 13.2. The molecule has 0 unspecified atom stereocenters. The van der Waals surface area contributed by atoms with Crippen LogP contribution >= 0.6 is 0 Å². The molecule has 2 aromatic heterocycles. The minimum atomic E-state index is 0.421. The van der Waals surface area contributed by atoms with E-state index in [1.165, 1.54) is 5.56 Å². The second-order valence-electron chi connectivity index (χ2n) is 11.8. The summed E-state index contributed by atoms with van der Waals surface area (Å²) in [6, 6.07) is 55.3. The molecule has 0 amide bonds. The van der Waals surface area contributed by atoms with E-state index in [1.807, 2.05) is 84.9 Å². The Bertz CT molecular complexity index is 2410. The summed E-state index contributed by atoms with van der Waals surface area (Å²) in [7, 11) is 0. The summed E-state index contributed by atoms with van der Waals surface area (Å²) in [4.78, 5) is 14.2. The lowest BCUT2D eigenvalue weighted by atomic mass is 9.93. The van der Waals surface area contributed by atoms with Crippen molar-refractivity contribution in [3.63, 3.8) is 0 Å². The predicted octanol–water partition coefficient (Wildman–Crippen LogP) is 10.9. The van der Waals surface area contributed by atoms with Crippen molar-refractivity contribution in [2.24, 2.45) is 0 Å². The Morgan fingerprint density at radius 3 is 1.86 bits per heavy atom. The zero-order chi connectivity index (χ0) is 33.0. The summed E-state index contributed by atoms with van der Waals surface area (Å²) < 4.78 is 0. The number of pyridine rings is 1. The Kier molecular flexibility index (Phi) is 7.98. The Balaban J connectivity index is 1.21. The third-order valence-corrected chi connectivity index (χ3v) is 8.63. The molecule has 0 saturated carbocycles. The molecule has 49 heavy (non-hydrogen) atoms. The lowest BCUT2D eigenvalue weighted by Gasteiger charge is -2.17. The summed E-state index contributed by atoms with van der Waals surface area (Å²) in [5, 5.41) is 15.2. The van der Waals surface area contributed by atoms with Crippen LogP contribution in [-0.2, 0) is 0 Å². The van der Waals surface area contributed by atoms with Gasteiger partial charge in [0.25, 0.3) is 0 Å². The molecular weight excluding hydrogens is 599 g/mol. The van der Waals surface area contributed by atoms with E-state index in [-0.39, 0.29) is 0 Å².